The van der Waals surface area contributed by atoms with E-state index in [0.29, 0.717) is 6.42 Å². The summed E-state index contributed by atoms with van der Waals surface area (Å²) in [6.45, 7) is 6.39. The fourth-order valence-electron chi connectivity index (χ4n) is 12.9. The smallest absolute Gasteiger partial charge is 0.309 e. The van der Waals surface area contributed by atoms with Gasteiger partial charge in [-0.3, -0.25) is 4.79 Å². The molecule has 0 unspecified atom stereocenters. The van der Waals surface area contributed by atoms with Crippen molar-refractivity contribution >= 4 is 37.8 Å². The van der Waals surface area contributed by atoms with Gasteiger partial charge in [-0.2, -0.15) is 0 Å². The second-order valence-electron chi connectivity index (χ2n) is 21.9. The molecule has 0 aromatic heterocycles. The molecular weight excluding hydrogens is 1170 g/mol. The van der Waals surface area contributed by atoms with Crippen LogP contribution >= 0.6 is 31.9 Å². The zero-order valence-electron chi connectivity index (χ0n) is 47.9. The summed E-state index contributed by atoms with van der Waals surface area (Å²) in [5.41, 5.74) is 26.5. The largest absolute Gasteiger partial charge is 0.469 e. The first-order valence-electron chi connectivity index (χ1n) is 28.7. The molecule has 0 radical (unpaired) electrons. The second kappa shape index (κ2) is 24.3. The van der Waals surface area contributed by atoms with E-state index in [1.54, 1.807) is 0 Å². The highest BCUT2D eigenvalue weighted by atomic mass is 79.9. The summed E-state index contributed by atoms with van der Waals surface area (Å²) in [4.78, 5) is 11.3. The number of hydrogen-bond acceptors (Lipinski definition) is 3. The van der Waals surface area contributed by atoms with Crippen molar-refractivity contribution in [2.45, 2.75) is 38.2 Å². The fraction of sp³-hybridized carbons (Fsp3) is 0.0875. The monoisotopic (exact) mass is 1230 g/mol. The van der Waals surface area contributed by atoms with Crippen LogP contribution in [0.25, 0.3) is 66.8 Å². The lowest BCUT2D eigenvalue weighted by atomic mass is 9.70. The molecule has 5 heteroatoms. The number of halogens is 2. The van der Waals surface area contributed by atoms with Crippen molar-refractivity contribution in [3.05, 3.63) is 355 Å². The minimum absolute atomic E-state index is 0.188. The summed E-state index contributed by atoms with van der Waals surface area (Å²) in [5.74, 6) is -0.214. The number of fused-ring (bicyclic) bond motifs is 13. The number of ether oxygens (including phenoxy) is 1. The minimum Gasteiger partial charge on any atom is -0.469 e. The predicted octanol–water partition coefficient (Wildman–Crippen LogP) is 20.5. The van der Waals surface area contributed by atoms with Crippen LogP contribution in [-0.2, 0) is 27.0 Å². The average Bonchev–Trinajstić information content (AvgIpc) is 1.61. The van der Waals surface area contributed by atoms with Crippen molar-refractivity contribution in [1.82, 2.24) is 0 Å². The summed E-state index contributed by atoms with van der Waals surface area (Å²) < 4.78 is 6.95. The Labute approximate surface area is 516 Å². The number of hydrogen-bond donors (Lipinski definition) is 1. The molecule has 85 heavy (non-hydrogen) atoms. The number of benzene rings is 12. The lowest BCUT2D eigenvalue weighted by Gasteiger charge is -2.30. The number of aliphatic hydroxyl groups is 1. The number of carbonyl (C=O) groups is 1. The Bertz CT molecular complexity index is 4350. The molecule has 414 valence electrons. The molecular formula is C80H62Br2O3. The van der Waals surface area contributed by atoms with Gasteiger partial charge in [0, 0.05) is 25.6 Å². The molecule has 3 aliphatic carbocycles. The van der Waals surface area contributed by atoms with E-state index >= 15 is 0 Å². The number of methoxy groups -OCH3 is 1. The minimum atomic E-state index is -1.16. The first-order valence-corrected chi connectivity index (χ1v) is 30.3. The summed E-state index contributed by atoms with van der Waals surface area (Å²) in [6, 6.07) is 99.4. The second-order valence-corrected chi connectivity index (χ2v) is 23.6. The Morgan fingerprint density at radius 2 is 0.718 bits per heavy atom. The van der Waals surface area contributed by atoms with E-state index in [1.165, 1.54) is 79.4 Å². The van der Waals surface area contributed by atoms with Crippen molar-refractivity contribution in [2.24, 2.45) is 0 Å². The third kappa shape index (κ3) is 10.5. The fourth-order valence-corrected chi connectivity index (χ4v) is 13.9. The SMILES string of the molecule is COC(=O)Cc1ccccc1-c1ccccc1.Cc1ccc(Br)c(-c2ccccc2Br)c1.Cc1ccc2c(c1)-c1ccccc1C21c2ccccc2-c2ccccc21.Cc1cccc(-c2ccccc2C2(O)c3ccccc3-c3ccccc32)c1. The zero-order valence-corrected chi connectivity index (χ0v) is 51.0. The topological polar surface area (TPSA) is 46.5 Å². The molecule has 3 aliphatic rings. The van der Waals surface area contributed by atoms with Gasteiger partial charge in [0.25, 0.3) is 0 Å². The van der Waals surface area contributed by atoms with Crippen molar-refractivity contribution in [3.8, 4) is 66.8 Å². The molecule has 15 rings (SSSR count). The molecule has 1 spiro atoms. The summed E-state index contributed by atoms with van der Waals surface area (Å²) in [5, 5.41) is 12.2. The summed E-state index contributed by atoms with van der Waals surface area (Å²) in [7, 11) is 1.41. The lowest BCUT2D eigenvalue weighted by molar-refractivity contribution is -0.139. The first kappa shape index (κ1) is 56.5. The summed E-state index contributed by atoms with van der Waals surface area (Å²) in [6.07, 6.45) is 0.307. The highest BCUT2D eigenvalue weighted by molar-refractivity contribution is 9.11. The van der Waals surface area contributed by atoms with Gasteiger partial charge >= 0.3 is 5.97 Å². The van der Waals surface area contributed by atoms with Crippen LogP contribution in [0.3, 0.4) is 0 Å². The quantitative estimate of drug-likeness (QED) is 0.169. The molecule has 0 heterocycles. The standard InChI is InChI=1S/C26H20O.C26H18.C15H14O2.C13H10Br2/c1-18-9-8-10-19(17-18)20-11-2-5-14-23(20)26(27)24-15-6-3-12-21(24)22-13-4-7-16-25(22)26;1-17-14-15-25-21(16-17)20-10-4-7-13-24(20)26(25)22-11-5-2-8-18(22)19-9-3-6-12-23(19)26;1-17-15(16)11-13-9-5-6-10-14(13)12-7-3-2-4-8-12;1-9-6-7-13(15)11(8-9)10-4-2-3-5-12(10)14/h2-17,27H,1H3;2-16H,1H3;2-10H,11H2,1H3;2-8H,1H3. The van der Waals surface area contributed by atoms with Crippen LogP contribution in [0.5, 0.6) is 0 Å². The van der Waals surface area contributed by atoms with Gasteiger partial charge in [0.05, 0.1) is 18.9 Å². The van der Waals surface area contributed by atoms with Crippen LogP contribution in [0.1, 0.15) is 61.2 Å². The lowest BCUT2D eigenvalue weighted by Crippen LogP contribution is -2.27. The molecule has 12 aromatic carbocycles. The van der Waals surface area contributed by atoms with Crippen LogP contribution in [0, 0.1) is 20.8 Å². The number of rotatable bonds is 6. The third-order valence-corrected chi connectivity index (χ3v) is 18.1. The Balaban J connectivity index is 0.000000115. The Morgan fingerprint density at radius 3 is 1.26 bits per heavy atom. The maximum atomic E-state index is 12.2. The van der Waals surface area contributed by atoms with Crippen LogP contribution in [0.4, 0.5) is 0 Å². The average molecular weight is 1230 g/mol. The molecule has 0 amide bonds. The number of aryl methyl sites for hydroxylation is 3. The van der Waals surface area contributed by atoms with Crippen LogP contribution in [0.15, 0.2) is 294 Å². The molecule has 0 saturated heterocycles. The van der Waals surface area contributed by atoms with E-state index in [4.69, 9.17) is 4.74 Å². The van der Waals surface area contributed by atoms with E-state index < -0.39 is 5.60 Å². The van der Waals surface area contributed by atoms with Crippen LogP contribution in [0.2, 0.25) is 0 Å². The third-order valence-electron chi connectivity index (χ3n) is 16.7. The Morgan fingerprint density at radius 1 is 0.341 bits per heavy atom. The predicted molar refractivity (Wildman–Crippen MR) is 358 cm³/mol. The summed E-state index contributed by atoms with van der Waals surface area (Å²) >= 11 is 7.15. The molecule has 0 bridgehead atoms. The highest BCUT2D eigenvalue weighted by Crippen LogP contribution is 2.63. The van der Waals surface area contributed by atoms with Gasteiger partial charge in [-0.05, 0) is 127 Å². The van der Waals surface area contributed by atoms with Crippen molar-refractivity contribution in [3.63, 3.8) is 0 Å². The van der Waals surface area contributed by atoms with Crippen molar-refractivity contribution < 1.29 is 14.6 Å². The maximum Gasteiger partial charge on any atom is 0.309 e. The Kier molecular flexibility index (Phi) is 16.2. The van der Waals surface area contributed by atoms with Crippen molar-refractivity contribution in [2.75, 3.05) is 7.11 Å². The van der Waals surface area contributed by atoms with Gasteiger partial charge in [-0.25, -0.2) is 0 Å². The zero-order chi connectivity index (χ0) is 58.7. The number of carbonyl (C=O) groups excluding carboxylic acids is 1. The van der Waals surface area contributed by atoms with Crippen molar-refractivity contribution in [1.29, 1.82) is 0 Å². The normalized spacial score (nSPS) is 12.7. The van der Waals surface area contributed by atoms with Crippen LogP contribution < -0.4 is 0 Å². The Hall–Kier alpha value is -8.97. The number of esters is 1. The van der Waals surface area contributed by atoms with E-state index in [-0.39, 0.29) is 11.4 Å². The van der Waals surface area contributed by atoms with Gasteiger partial charge in [0.2, 0.25) is 0 Å². The van der Waals surface area contributed by atoms with Gasteiger partial charge in [0.1, 0.15) is 5.60 Å². The first-order chi connectivity index (χ1) is 41.5. The van der Waals surface area contributed by atoms with Gasteiger partial charge in [-0.15, -0.1) is 0 Å². The van der Waals surface area contributed by atoms with Gasteiger partial charge < -0.3 is 9.84 Å². The van der Waals surface area contributed by atoms with Crippen LogP contribution in [-0.4, -0.2) is 18.2 Å². The molecule has 3 nitrogen and oxygen atoms in total. The van der Waals surface area contributed by atoms with E-state index in [0.717, 1.165) is 64.6 Å². The highest BCUT2D eigenvalue weighted by Gasteiger charge is 2.51. The molecule has 0 aliphatic heterocycles. The van der Waals surface area contributed by atoms with E-state index in [1.807, 2.05) is 109 Å². The molecule has 0 saturated carbocycles. The molecule has 0 fully saturated rings. The molecule has 1 N–H and O–H groups in total. The molecule has 12 aromatic rings. The maximum absolute atomic E-state index is 12.2. The molecule has 0 atom stereocenters. The van der Waals surface area contributed by atoms with Gasteiger partial charge in [-0.1, -0.05) is 322 Å². The van der Waals surface area contributed by atoms with Gasteiger partial charge in [0.15, 0.2) is 0 Å². The van der Waals surface area contributed by atoms with E-state index in [2.05, 4.69) is 229 Å². The van der Waals surface area contributed by atoms with E-state index in [9.17, 15) is 9.90 Å².